The van der Waals surface area contributed by atoms with Crippen molar-refractivity contribution in [2.45, 2.75) is 6.42 Å². The van der Waals surface area contributed by atoms with Gasteiger partial charge in [0.05, 0.1) is 52.9 Å². The van der Waals surface area contributed by atoms with E-state index in [1.54, 1.807) is 31.0 Å². The fourth-order valence-electron chi connectivity index (χ4n) is 5.42. The number of carbonyl (C=O) groups excluding carboxylic acids is 1. The number of halogens is 1. The fourth-order valence-corrected chi connectivity index (χ4v) is 5.42. The number of likely N-dealkylation sites (N-methyl/N-ethyl adjacent to an activating group) is 1. The number of carbonyl (C=O) groups is 1. The second-order valence-electron chi connectivity index (χ2n) is 11.5. The number of amides is 1. The van der Waals surface area contributed by atoms with E-state index in [0.717, 1.165) is 28.6 Å². The molecule has 0 radical (unpaired) electrons. The number of fused-ring (bicyclic) bond motifs is 2. The number of pyridine rings is 3. The number of nitrogens with one attached hydrogen (secondary N) is 4. The maximum absolute atomic E-state index is 14.7. The van der Waals surface area contributed by atoms with Gasteiger partial charge in [0, 0.05) is 47.7 Å². The molecule has 5 aromatic heterocycles. The molecule has 0 saturated heterocycles. The Labute approximate surface area is 269 Å². The third kappa shape index (κ3) is 6.53. The Balaban J connectivity index is 1.18. The predicted molar refractivity (Wildman–Crippen MR) is 181 cm³/mol. The molecule has 5 heterocycles. The van der Waals surface area contributed by atoms with Crippen LogP contribution in [0.15, 0.2) is 91.6 Å². The summed E-state index contributed by atoms with van der Waals surface area (Å²) in [4.78, 5) is 36.3. The molecule has 0 unspecified atom stereocenters. The minimum Gasteiger partial charge on any atom is -0.384 e. The first kappa shape index (κ1) is 29.7. The van der Waals surface area contributed by atoms with Crippen molar-refractivity contribution in [3.8, 4) is 33.9 Å². The molecule has 2 aromatic carbocycles. The van der Waals surface area contributed by atoms with Gasteiger partial charge in [0.2, 0.25) is 5.91 Å². The summed E-state index contributed by atoms with van der Waals surface area (Å²) in [5.74, 6) is 0.0400. The maximum atomic E-state index is 14.7. The Morgan fingerprint density at radius 2 is 1.72 bits per heavy atom. The van der Waals surface area contributed by atoms with Crippen molar-refractivity contribution in [3.05, 3.63) is 103 Å². The van der Waals surface area contributed by atoms with Gasteiger partial charge >= 0.3 is 0 Å². The molecule has 1 amide bonds. The average molecular weight is 627 g/mol. The molecule has 0 bridgehead atoms. The molecule has 0 aliphatic rings. The summed E-state index contributed by atoms with van der Waals surface area (Å²) in [5, 5.41) is 14.6. The molecule has 0 atom stereocenters. The van der Waals surface area contributed by atoms with Crippen molar-refractivity contribution in [2.24, 2.45) is 0 Å². The fraction of sp³-hybridized carbons (Fsp3) is 0.143. The minimum absolute atomic E-state index is 0.135. The summed E-state index contributed by atoms with van der Waals surface area (Å²) in [7, 11) is 3.98. The summed E-state index contributed by atoms with van der Waals surface area (Å²) >= 11 is 0. The van der Waals surface area contributed by atoms with Crippen LogP contribution in [0.25, 0.3) is 55.8 Å². The highest BCUT2D eigenvalue weighted by Crippen LogP contribution is 2.33. The molecule has 0 saturated carbocycles. The summed E-state index contributed by atoms with van der Waals surface area (Å²) in [6.45, 7) is 1.49. The van der Waals surface area contributed by atoms with Crippen molar-refractivity contribution >= 4 is 39.2 Å². The zero-order chi connectivity index (χ0) is 32.3. The third-order valence-corrected chi connectivity index (χ3v) is 7.69. The molecule has 0 aliphatic heterocycles. The van der Waals surface area contributed by atoms with Crippen LogP contribution in [0, 0.1) is 5.82 Å². The summed E-state index contributed by atoms with van der Waals surface area (Å²) in [6, 6.07) is 18.2. The molecule has 0 spiro atoms. The first-order chi connectivity index (χ1) is 22.9. The molecule has 47 heavy (non-hydrogen) atoms. The van der Waals surface area contributed by atoms with Gasteiger partial charge in [-0.15, -0.1) is 0 Å². The molecular weight excluding hydrogens is 595 g/mol. The van der Waals surface area contributed by atoms with Crippen molar-refractivity contribution in [2.75, 3.05) is 37.8 Å². The van der Waals surface area contributed by atoms with Gasteiger partial charge in [-0.25, -0.2) is 9.37 Å². The zero-order valence-corrected chi connectivity index (χ0v) is 25.8. The zero-order valence-electron chi connectivity index (χ0n) is 25.8. The van der Waals surface area contributed by atoms with Crippen LogP contribution in [0.5, 0.6) is 0 Å². The second-order valence-corrected chi connectivity index (χ2v) is 11.5. The summed E-state index contributed by atoms with van der Waals surface area (Å²) < 4.78 is 14.7. The topological polar surface area (TPSA) is 140 Å². The standard InChI is InChI=1S/C35H31FN10O/c1-46(2)9-8-39-25-12-22(11-24(36)14-25)28-18-38-19-31-33(28)43-35(42-31)34-27-15-29(40-20-30(27)44-45-34)23-13-26(17-37-16-23)41-32(47)10-21-6-4-3-5-7-21/h3-7,11-20,39H,8-10H2,1-2H3,(H,41,47)(H,42,43)(H,44,45). The van der Waals surface area contributed by atoms with E-state index in [1.807, 2.05) is 62.6 Å². The number of hydrogen-bond acceptors (Lipinski definition) is 8. The normalized spacial score (nSPS) is 11.4. The van der Waals surface area contributed by atoms with Gasteiger partial charge in [0.25, 0.3) is 0 Å². The third-order valence-electron chi connectivity index (χ3n) is 7.69. The maximum Gasteiger partial charge on any atom is 0.228 e. The quantitative estimate of drug-likeness (QED) is 0.147. The van der Waals surface area contributed by atoms with E-state index in [1.165, 1.54) is 12.1 Å². The van der Waals surface area contributed by atoms with E-state index >= 15 is 0 Å². The van der Waals surface area contributed by atoms with Crippen LogP contribution in [0.3, 0.4) is 0 Å². The largest absolute Gasteiger partial charge is 0.384 e. The van der Waals surface area contributed by atoms with E-state index in [4.69, 9.17) is 4.98 Å². The van der Waals surface area contributed by atoms with Gasteiger partial charge in [-0.3, -0.25) is 24.8 Å². The molecule has 0 fully saturated rings. The van der Waals surface area contributed by atoms with Crippen molar-refractivity contribution in [1.82, 2.24) is 40.0 Å². The molecule has 11 nitrogen and oxygen atoms in total. The van der Waals surface area contributed by atoms with Gasteiger partial charge in [0.1, 0.15) is 11.5 Å². The Bertz CT molecular complexity index is 2210. The van der Waals surface area contributed by atoms with Crippen molar-refractivity contribution in [3.63, 3.8) is 0 Å². The number of aromatic nitrogens is 7. The average Bonchev–Trinajstić information content (AvgIpc) is 3.69. The molecule has 4 N–H and O–H groups in total. The Morgan fingerprint density at radius 3 is 2.57 bits per heavy atom. The molecule has 7 rings (SSSR count). The Hall–Kier alpha value is -6.01. The molecule has 12 heteroatoms. The van der Waals surface area contributed by atoms with E-state index in [2.05, 4.69) is 45.7 Å². The summed E-state index contributed by atoms with van der Waals surface area (Å²) in [6.07, 6.45) is 8.65. The number of rotatable bonds is 10. The monoisotopic (exact) mass is 626 g/mol. The van der Waals surface area contributed by atoms with Gasteiger partial charge in [0.15, 0.2) is 5.82 Å². The number of aromatic amines is 2. The lowest BCUT2D eigenvalue weighted by molar-refractivity contribution is -0.115. The van der Waals surface area contributed by atoms with Crippen LogP contribution in [0.1, 0.15) is 5.56 Å². The highest BCUT2D eigenvalue weighted by molar-refractivity contribution is 5.98. The molecular formula is C35H31FN10O. The Kier molecular flexibility index (Phi) is 8.07. The highest BCUT2D eigenvalue weighted by atomic mass is 19.1. The summed E-state index contributed by atoms with van der Waals surface area (Å²) in [5.41, 5.74) is 7.58. The first-order valence-corrected chi connectivity index (χ1v) is 15.1. The van der Waals surface area contributed by atoms with Gasteiger partial charge in [-0.2, -0.15) is 5.10 Å². The van der Waals surface area contributed by atoms with Crippen LogP contribution < -0.4 is 10.6 Å². The first-order valence-electron chi connectivity index (χ1n) is 15.1. The van der Waals surface area contributed by atoms with E-state index < -0.39 is 0 Å². The lowest BCUT2D eigenvalue weighted by atomic mass is 10.1. The van der Waals surface area contributed by atoms with Gasteiger partial charge in [-0.1, -0.05) is 30.3 Å². The second kappa shape index (κ2) is 12.8. The smallest absolute Gasteiger partial charge is 0.228 e. The van der Waals surface area contributed by atoms with E-state index in [0.29, 0.717) is 57.3 Å². The van der Waals surface area contributed by atoms with Crippen LogP contribution in [-0.2, 0) is 11.2 Å². The predicted octanol–water partition coefficient (Wildman–Crippen LogP) is 5.92. The highest BCUT2D eigenvalue weighted by Gasteiger charge is 2.18. The lowest BCUT2D eigenvalue weighted by Crippen LogP contribution is -2.20. The van der Waals surface area contributed by atoms with Crippen LogP contribution in [-0.4, -0.2) is 73.1 Å². The minimum atomic E-state index is -0.352. The van der Waals surface area contributed by atoms with Crippen LogP contribution in [0.2, 0.25) is 0 Å². The number of imidazole rings is 1. The van der Waals surface area contributed by atoms with Crippen molar-refractivity contribution < 1.29 is 9.18 Å². The molecule has 7 aromatic rings. The number of nitrogens with zero attached hydrogens (tertiary/aromatic N) is 6. The van der Waals surface area contributed by atoms with Crippen LogP contribution >= 0.6 is 0 Å². The van der Waals surface area contributed by atoms with Crippen molar-refractivity contribution in [1.29, 1.82) is 0 Å². The lowest BCUT2D eigenvalue weighted by Gasteiger charge is -2.12. The van der Waals surface area contributed by atoms with E-state index in [-0.39, 0.29) is 18.1 Å². The van der Waals surface area contributed by atoms with Gasteiger partial charge < -0.3 is 20.5 Å². The number of hydrogen-bond donors (Lipinski definition) is 4. The van der Waals surface area contributed by atoms with E-state index in [9.17, 15) is 9.18 Å². The number of anilines is 2. The van der Waals surface area contributed by atoms with Gasteiger partial charge in [-0.05, 0) is 55.6 Å². The van der Waals surface area contributed by atoms with Crippen LogP contribution in [0.4, 0.5) is 15.8 Å². The SMILES string of the molecule is CN(C)CCNc1cc(F)cc(-c2cncc3[nH]c(-c4n[nH]c5cnc(-c6cncc(NC(=O)Cc7ccccc7)c6)cc45)nc23)c1. The number of benzene rings is 2. The molecule has 0 aliphatic carbocycles. The number of H-pyrrole nitrogens is 2. The Morgan fingerprint density at radius 1 is 0.894 bits per heavy atom. The molecule has 234 valence electrons.